The maximum Gasteiger partial charge on any atom is 0.253 e. The van der Waals surface area contributed by atoms with Gasteiger partial charge in [-0.3, -0.25) is 9.59 Å². The second kappa shape index (κ2) is 9.05. The van der Waals surface area contributed by atoms with E-state index in [1.54, 1.807) is 24.1 Å². The first kappa shape index (κ1) is 25.1. The van der Waals surface area contributed by atoms with E-state index in [1.807, 2.05) is 24.4 Å². The molecular formula is C30H32FN7O2. The van der Waals surface area contributed by atoms with Gasteiger partial charge in [0.1, 0.15) is 17.3 Å². The number of likely N-dealkylation sites (tertiary alicyclic amines) is 1. The van der Waals surface area contributed by atoms with Crippen molar-refractivity contribution in [1.29, 1.82) is 0 Å². The summed E-state index contributed by atoms with van der Waals surface area (Å²) in [5, 5.41) is 3.09. The van der Waals surface area contributed by atoms with Crippen LogP contribution in [0.15, 0.2) is 42.7 Å². The van der Waals surface area contributed by atoms with Gasteiger partial charge in [-0.05, 0) is 42.8 Å². The Morgan fingerprint density at radius 2 is 1.85 bits per heavy atom. The Balaban J connectivity index is 1.11. The van der Waals surface area contributed by atoms with Crippen LogP contribution in [-0.2, 0) is 10.2 Å². The Morgan fingerprint density at radius 1 is 1.02 bits per heavy atom. The summed E-state index contributed by atoms with van der Waals surface area (Å²) in [6, 6.07) is 9.19. The first-order chi connectivity index (χ1) is 19.3. The molecule has 1 atom stereocenters. The lowest BCUT2D eigenvalue weighted by Crippen LogP contribution is -2.72. The molecule has 1 aliphatic carbocycles. The summed E-state index contributed by atoms with van der Waals surface area (Å²) in [5.74, 6) is 0.342. The standard InChI is InChI=1S/C30H32FN7O2/c1-3-37-14-29(15-37)16-38(17-29)20-5-7-25(32-12-20)34-28-33-13-24(31)26(35-28)19-4-6-22-23(10-19)30(9-8-21(39)11-30)18-36(2)27(22)40/h4-7,10,12-13H,3,8-9,11,14-18H2,1-2H3,(H,32,33,34,35). The molecule has 206 valence electrons. The molecule has 1 N–H and O–H groups in total. The minimum Gasteiger partial charge on any atom is -0.369 e. The summed E-state index contributed by atoms with van der Waals surface area (Å²) in [4.78, 5) is 44.8. The molecular weight excluding hydrogens is 509 g/mol. The summed E-state index contributed by atoms with van der Waals surface area (Å²) in [6.07, 6.45) is 4.54. The predicted molar refractivity (Wildman–Crippen MR) is 149 cm³/mol. The van der Waals surface area contributed by atoms with Gasteiger partial charge in [0, 0.05) is 74.6 Å². The lowest BCUT2D eigenvalue weighted by atomic mass is 9.72. The zero-order chi connectivity index (χ0) is 27.6. The highest BCUT2D eigenvalue weighted by molar-refractivity contribution is 5.99. The fourth-order valence-corrected chi connectivity index (χ4v) is 7.09. The van der Waals surface area contributed by atoms with Crippen molar-refractivity contribution in [2.45, 2.75) is 31.6 Å². The molecule has 7 rings (SSSR count). The van der Waals surface area contributed by atoms with Crippen molar-refractivity contribution in [2.75, 3.05) is 56.5 Å². The zero-order valence-corrected chi connectivity index (χ0v) is 22.8. The number of nitrogens with one attached hydrogen (secondary N) is 1. The highest BCUT2D eigenvalue weighted by Crippen LogP contribution is 2.46. The second-order valence-electron chi connectivity index (χ2n) is 12.0. The third kappa shape index (κ3) is 4.04. The maximum atomic E-state index is 15.0. The number of pyridine rings is 1. The van der Waals surface area contributed by atoms with E-state index in [-0.39, 0.29) is 23.3 Å². The van der Waals surface area contributed by atoms with Crippen molar-refractivity contribution >= 4 is 29.1 Å². The normalized spacial score (nSPS) is 23.4. The van der Waals surface area contributed by atoms with E-state index in [4.69, 9.17) is 0 Å². The number of benzene rings is 1. The third-order valence-electron chi connectivity index (χ3n) is 9.11. The summed E-state index contributed by atoms with van der Waals surface area (Å²) in [7, 11) is 1.76. The van der Waals surface area contributed by atoms with Crippen LogP contribution in [-0.4, -0.2) is 82.8 Å². The van der Waals surface area contributed by atoms with Crippen molar-refractivity contribution in [3.8, 4) is 11.3 Å². The monoisotopic (exact) mass is 541 g/mol. The lowest BCUT2D eigenvalue weighted by Gasteiger charge is -2.61. The highest BCUT2D eigenvalue weighted by atomic mass is 19.1. The number of likely N-dealkylation sites (N-methyl/N-ethyl adjacent to an activating group) is 1. The Bertz CT molecular complexity index is 1510. The molecule has 3 aliphatic heterocycles. The highest BCUT2D eigenvalue weighted by Gasteiger charge is 2.51. The average Bonchev–Trinajstić information content (AvgIpc) is 3.28. The molecule has 1 unspecified atom stereocenters. The molecule has 2 aromatic heterocycles. The predicted octanol–water partition coefficient (Wildman–Crippen LogP) is 3.64. The number of rotatable bonds is 5. The van der Waals surface area contributed by atoms with Gasteiger partial charge in [0.2, 0.25) is 5.95 Å². The number of Topliss-reactive ketones (excluding diaryl/α,β-unsaturated/α-hetero) is 1. The number of halogens is 1. The Hall–Kier alpha value is -3.92. The quantitative estimate of drug-likeness (QED) is 0.523. The maximum absolute atomic E-state index is 15.0. The molecule has 3 fully saturated rings. The molecule has 2 spiro atoms. The summed E-state index contributed by atoms with van der Waals surface area (Å²) in [6.45, 7) is 8.25. The van der Waals surface area contributed by atoms with Crippen LogP contribution in [0.3, 0.4) is 0 Å². The van der Waals surface area contributed by atoms with Gasteiger partial charge in [0.15, 0.2) is 5.82 Å². The fourth-order valence-electron chi connectivity index (χ4n) is 7.09. The van der Waals surface area contributed by atoms with E-state index in [2.05, 4.69) is 37.0 Å². The largest absolute Gasteiger partial charge is 0.369 e. The minimum absolute atomic E-state index is 0.0874. The van der Waals surface area contributed by atoms with Crippen LogP contribution in [0.1, 0.15) is 42.1 Å². The number of anilines is 3. The molecule has 9 nitrogen and oxygen atoms in total. The Kier molecular flexibility index (Phi) is 5.68. The van der Waals surface area contributed by atoms with Crippen molar-refractivity contribution in [3.63, 3.8) is 0 Å². The molecule has 0 radical (unpaired) electrons. The Labute approximate surface area is 232 Å². The number of amides is 1. The molecule has 1 aromatic carbocycles. The zero-order valence-electron chi connectivity index (χ0n) is 22.8. The molecule has 4 aliphatic rings. The number of carbonyl (C=O) groups excluding carboxylic acids is 2. The van der Waals surface area contributed by atoms with Crippen LogP contribution in [0.25, 0.3) is 11.3 Å². The third-order valence-corrected chi connectivity index (χ3v) is 9.11. The van der Waals surface area contributed by atoms with E-state index < -0.39 is 11.2 Å². The molecule has 2 saturated heterocycles. The van der Waals surface area contributed by atoms with E-state index in [0.29, 0.717) is 48.2 Å². The van der Waals surface area contributed by atoms with Crippen molar-refractivity contribution in [2.24, 2.45) is 5.41 Å². The van der Waals surface area contributed by atoms with Gasteiger partial charge in [-0.2, -0.15) is 0 Å². The number of nitrogens with zero attached hydrogens (tertiary/aromatic N) is 6. The number of ketones is 1. The lowest BCUT2D eigenvalue weighted by molar-refractivity contribution is -0.117. The van der Waals surface area contributed by atoms with Crippen LogP contribution < -0.4 is 10.2 Å². The van der Waals surface area contributed by atoms with Crippen LogP contribution in [0.4, 0.5) is 21.8 Å². The van der Waals surface area contributed by atoms with Gasteiger partial charge in [-0.1, -0.05) is 13.0 Å². The SMILES string of the molecule is CCN1CC2(C1)CN(c1ccc(Nc3ncc(F)c(-c4ccc5c(c4)C4(CCC(=O)C4)CN(C)C5=O)n3)nc1)C2. The first-order valence-corrected chi connectivity index (χ1v) is 13.9. The number of carbonyl (C=O) groups is 2. The number of hydrogen-bond acceptors (Lipinski definition) is 8. The molecule has 1 amide bonds. The van der Waals surface area contributed by atoms with Crippen molar-refractivity contribution in [3.05, 3.63) is 59.7 Å². The summed E-state index contributed by atoms with van der Waals surface area (Å²) >= 11 is 0. The first-order valence-electron chi connectivity index (χ1n) is 13.9. The minimum atomic E-state index is -0.561. The van der Waals surface area contributed by atoms with Crippen LogP contribution in [0.2, 0.25) is 0 Å². The molecule has 0 bridgehead atoms. The number of hydrogen-bond donors (Lipinski definition) is 1. The van der Waals surface area contributed by atoms with E-state index in [9.17, 15) is 9.59 Å². The molecule has 3 aromatic rings. The van der Waals surface area contributed by atoms with E-state index in [1.165, 1.54) is 13.1 Å². The van der Waals surface area contributed by atoms with E-state index >= 15 is 4.39 Å². The van der Waals surface area contributed by atoms with Gasteiger partial charge in [0.05, 0.1) is 18.1 Å². The van der Waals surface area contributed by atoms with Crippen LogP contribution >= 0.6 is 0 Å². The molecule has 10 heteroatoms. The van der Waals surface area contributed by atoms with Crippen LogP contribution in [0.5, 0.6) is 0 Å². The molecule has 5 heterocycles. The number of aromatic nitrogens is 3. The van der Waals surface area contributed by atoms with Gasteiger partial charge in [-0.25, -0.2) is 19.3 Å². The summed E-state index contributed by atoms with van der Waals surface area (Å²) < 4.78 is 15.0. The average molecular weight is 542 g/mol. The van der Waals surface area contributed by atoms with Crippen molar-refractivity contribution in [1.82, 2.24) is 24.8 Å². The van der Waals surface area contributed by atoms with Crippen molar-refractivity contribution < 1.29 is 14.0 Å². The fraction of sp³-hybridized carbons (Fsp3) is 0.433. The number of fused-ring (bicyclic) bond motifs is 2. The summed E-state index contributed by atoms with van der Waals surface area (Å²) in [5.41, 5.74) is 3.14. The van der Waals surface area contributed by atoms with Gasteiger partial charge in [-0.15, -0.1) is 0 Å². The van der Waals surface area contributed by atoms with Crippen LogP contribution in [0, 0.1) is 11.2 Å². The van der Waals surface area contributed by atoms with Gasteiger partial charge >= 0.3 is 0 Å². The molecule has 1 saturated carbocycles. The smallest absolute Gasteiger partial charge is 0.253 e. The Morgan fingerprint density at radius 3 is 2.55 bits per heavy atom. The topological polar surface area (TPSA) is 94.6 Å². The van der Waals surface area contributed by atoms with Gasteiger partial charge < -0.3 is 20.0 Å². The van der Waals surface area contributed by atoms with E-state index in [0.717, 1.165) is 37.1 Å². The van der Waals surface area contributed by atoms with Gasteiger partial charge in [0.25, 0.3) is 5.91 Å². The molecule has 40 heavy (non-hydrogen) atoms. The second-order valence-corrected chi connectivity index (χ2v) is 12.0.